The number of methoxy groups -OCH3 is 1. The number of rotatable bonds is 3. The molecule has 0 saturated heterocycles. The molecule has 0 aliphatic rings. The van der Waals surface area contributed by atoms with Gasteiger partial charge in [0.1, 0.15) is 6.61 Å². The highest BCUT2D eigenvalue weighted by Crippen LogP contribution is 2.26. The van der Waals surface area contributed by atoms with Gasteiger partial charge in [0.2, 0.25) is 0 Å². The first kappa shape index (κ1) is 8.88. The topological polar surface area (TPSA) is 9.23 Å². The van der Waals surface area contributed by atoms with Crippen LogP contribution in [0.25, 0.3) is 0 Å². The average Bonchev–Trinajstić information content (AvgIpc) is 1.65. The van der Waals surface area contributed by atoms with Gasteiger partial charge in [0.25, 0.3) is 5.92 Å². The van der Waals surface area contributed by atoms with E-state index in [0.717, 1.165) is 0 Å². The Morgan fingerprint density at radius 2 is 2.11 bits per heavy atom. The Labute approximate surface area is 54.8 Å². The van der Waals surface area contributed by atoms with Gasteiger partial charge in [-0.2, -0.15) is 0 Å². The zero-order chi connectivity index (χ0) is 7.49. The van der Waals surface area contributed by atoms with E-state index in [2.05, 4.69) is 4.74 Å². The molecule has 1 nitrogen and oxygen atoms in total. The smallest absolute Gasteiger partial charge is 0.265 e. The molecule has 0 aromatic rings. The Hall–Kier alpha value is -0.115. The lowest BCUT2D eigenvalue weighted by Crippen LogP contribution is -2.27. The summed E-state index contributed by atoms with van der Waals surface area (Å²) in [6.45, 7) is 0.643. The van der Waals surface area contributed by atoms with Crippen molar-refractivity contribution in [2.24, 2.45) is 0 Å². The van der Waals surface area contributed by atoms with Crippen molar-refractivity contribution in [3.05, 3.63) is 0 Å². The second kappa shape index (κ2) is 3.15. The molecule has 0 aromatic carbocycles. The summed E-state index contributed by atoms with van der Waals surface area (Å²) in [4.78, 5) is 0. The van der Waals surface area contributed by atoms with E-state index >= 15 is 0 Å². The Kier molecular flexibility index (Phi) is 3.11. The molecular formula is C5H9BF2O. The van der Waals surface area contributed by atoms with Crippen molar-refractivity contribution in [3.8, 4) is 0 Å². The normalized spacial score (nSPS) is 15.6. The maximum absolute atomic E-state index is 12.3. The fourth-order valence-corrected chi connectivity index (χ4v) is 0.324. The van der Waals surface area contributed by atoms with Crippen molar-refractivity contribution in [1.82, 2.24) is 0 Å². The molecule has 0 bridgehead atoms. The number of halogens is 2. The average molecular weight is 134 g/mol. The Morgan fingerprint density at radius 3 is 2.22 bits per heavy atom. The third kappa shape index (κ3) is 2.79. The van der Waals surface area contributed by atoms with Crippen molar-refractivity contribution in [1.29, 1.82) is 0 Å². The van der Waals surface area contributed by atoms with Crippen LogP contribution >= 0.6 is 0 Å². The second-order valence-electron chi connectivity index (χ2n) is 1.98. The minimum Gasteiger partial charge on any atom is -0.378 e. The molecule has 0 aliphatic carbocycles. The number of hydrogen-bond acceptors (Lipinski definition) is 1. The summed E-state index contributed by atoms with van der Waals surface area (Å²) < 4.78 is 28.8. The minimum absolute atomic E-state index is 0.606. The van der Waals surface area contributed by atoms with E-state index in [4.69, 9.17) is 7.85 Å². The van der Waals surface area contributed by atoms with E-state index in [1.165, 1.54) is 14.0 Å². The molecule has 0 aromatic heterocycles. The van der Waals surface area contributed by atoms with Gasteiger partial charge in [-0.3, -0.25) is 0 Å². The zero-order valence-electron chi connectivity index (χ0n) is 5.53. The van der Waals surface area contributed by atoms with Crippen molar-refractivity contribution < 1.29 is 13.5 Å². The summed E-state index contributed by atoms with van der Waals surface area (Å²) in [7, 11) is 6.14. The highest BCUT2D eigenvalue weighted by molar-refractivity contribution is 6.12. The summed E-state index contributed by atoms with van der Waals surface area (Å²) in [5.74, 6) is -4.04. The number of hydrogen-bond donors (Lipinski definition) is 0. The molecule has 1 atom stereocenters. The van der Waals surface area contributed by atoms with Gasteiger partial charge >= 0.3 is 0 Å². The maximum Gasteiger partial charge on any atom is 0.265 e. The molecule has 1 unspecified atom stereocenters. The Bertz CT molecular complexity index is 85.0. The highest BCUT2D eigenvalue weighted by atomic mass is 19.3. The van der Waals surface area contributed by atoms with Crippen LogP contribution in [-0.4, -0.2) is 27.5 Å². The van der Waals surface area contributed by atoms with E-state index < -0.39 is 18.3 Å². The summed E-state index contributed by atoms with van der Waals surface area (Å²) in [5.41, 5.74) is 0. The highest BCUT2D eigenvalue weighted by Gasteiger charge is 2.32. The van der Waals surface area contributed by atoms with Crippen molar-refractivity contribution >= 4 is 7.85 Å². The first-order chi connectivity index (χ1) is 4.00. The van der Waals surface area contributed by atoms with Gasteiger partial charge in [0.05, 0.1) is 7.85 Å². The lowest BCUT2D eigenvalue weighted by molar-refractivity contribution is -0.0652. The first-order valence-corrected chi connectivity index (χ1v) is 2.63. The largest absolute Gasteiger partial charge is 0.378 e. The van der Waals surface area contributed by atoms with Gasteiger partial charge in [-0.25, -0.2) is 8.78 Å². The second-order valence-corrected chi connectivity index (χ2v) is 1.98. The van der Waals surface area contributed by atoms with Crippen LogP contribution in [0.1, 0.15) is 6.92 Å². The minimum atomic E-state index is -2.89. The Balaban J connectivity index is 3.70. The molecule has 0 rings (SSSR count). The molecule has 52 valence electrons. The molecule has 2 radical (unpaired) electrons. The molecule has 0 heterocycles. The van der Waals surface area contributed by atoms with Crippen LogP contribution in [-0.2, 0) is 4.74 Å². The molecule has 0 amide bonds. The molecule has 0 fully saturated rings. The third-order valence-corrected chi connectivity index (χ3v) is 1.00. The van der Waals surface area contributed by atoms with Crippen LogP contribution in [0.2, 0.25) is 5.82 Å². The van der Waals surface area contributed by atoms with Crippen LogP contribution < -0.4 is 0 Å². The Morgan fingerprint density at radius 1 is 1.67 bits per heavy atom. The van der Waals surface area contributed by atoms with E-state index in [1.54, 1.807) is 0 Å². The van der Waals surface area contributed by atoms with E-state index in [0.29, 0.717) is 0 Å². The number of alkyl halides is 2. The van der Waals surface area contributed by atoms with E-state index in [9.17, 15) is 8.78 Å². The fraction of sp³-hybridized carbons (Fsp3) is 1.00. The quantitative estimate of drug-likeness (QED) is 0.527. The summed E-state index contributed by atoms with van der Waals surface area (Å²) in [6.07, 6.45) is 0. The van der Waals surface area contributed by atoms with Crippen molar-refractivity contribution in [2.45, 2.75) is 18.7 Å². The SMILES string of the molecule is [B]C(C)C(F)(F)COC. The van der Waals surface area contributed by atoms with Crippen molar-refractivity contribution in [2.75, 3.05) is 13.7 Å². The van der Waals surface area contributed by atoms with Gasteiger partial charge < -0.3 is 4.74 Å². The monoisotopic (exact) mass is 134 g/mol. The lowest BCUT2D eigenvalue weighted by Gasteiger charge is -2.18. The van der Waals surface area contributed by atoms with E-state index in [1.807, 2.05) is 0 Å². The fourth-order valence-electron chi connectivity index (χ4n) is 0.324. The standard InChI is InChI=1S/C5H9BF2O/c1-4(6)5(7,8)3-9-2/h4H,3H2,1-2H3. The summed E-state index contributed by atoms with van der Waals surface area (Å²) in [6, 6.07) is 0. The molecule has 4 heteroatoms. The predicted molar refractivity (Wildman–Crippen MR) is 32.0 cm³/mol. The van der Waals surface area contributed by atoms with Gasteiger partial charge in [0.15, 0.2) is 0 Å². The predicted octanol–water partition coefficient (Wildman–Crippen LogP) is 1.24. The van der Waals surface area contributed by atoms with Crippen LogP contribution in [0.5, 0.6) is 0 Å². The molecule has 0 aliphatic heterocycles. The summed E-state index contributed by atoms with van der Waals surface area (Å²) in [5, 5.41) is 0. The van der Waals surface area contributed by atoms with Gasteiger partial charge in [0, 0.05) is 7.11 Å². The molecule has 0 spiro atoms. The van der Waals surface area contributed by atoms with Crippen molar-refractivity contribution in [3.63, 3.8) is 0 Å². The maximum atomic E-state index is 12.3. The zero-order valence-corrected chi connectivity index (χ0v) is 5.53. The number of ether oxygens (including phenoxy) is 1. The van der Waals surface area contributed by atoms with Gasteiger partial charge in [-0.1, -0.05) is 6.92 Å². The molecule has 0 saturated carbocycles. The summed E-state index contributed by atoms with van der Waals surface area (Å²) >= 11 is 0. The van der Waals surface area contributed by atoms with Gasteiger partial charge in [-0.15, -0.1) is 0 Å². The molecule has 0 N–H and O–H groups in total. The first-order valence-electron chi connectivity index (χ1n) is 2.63. The van der Waals surface area contributed by atoms with E-state index in [-0.39, 0.29) is 0 Å². The van der Waals surface area contributed by atoms with Crippen LogP contribution in [0.3, 0.4) is 0 Å². The van der Waals surface area contributed by atoms with Crippen LogP contribution in [0.4, 0.5) is 8.78 Å². The van der Waals surface area contributed by atoms with Crippen LogP contribution in [0, 0.1) is 0 Å². The third-order valence-electron chi connectivity index (χ3n) is 1.00. The van der Waals surface area contributed by atoms with Crippen LogP contribution in [0.15, 0.2) is 0 Å². The van der Waals surface area contributed by atoms with Gasteiger partial charge in [-0.05, 0) is 5.82 Å². The molecular weight excluding hydrogens is 125 g/mol. The molecule has 9 heavy (non-hydrogen) atoms. The lowest BCUT2D eigenvalue weighted by atomic mass is 9.84.